The minimum absolute atomic E-state index is 0.130. The number of amides is 1. The number of likely N-dealkylation sites (tertiary alicyclic amines) is 1. The van der Waals surface area contributed by atoms with Crippen molar-refractivity contribution < 1.29 is 4.79 Å². The molecule has 0 aromatic carbocycles. The number of hydrogen-bond donors (Lipinski definition) is 0. The van der Waals surface area contributed by atoms with Gasteiger partial charge in [-0.05, 0) is 50.8 Å². The van der Waals surface area contributed by atoms with Gasteiger partial charge in [-0.3, -0.25) is 4.79 Å². The Morgan fingerprint density at radius 2 is 2.10 bits per heavy atom. The van der Waals surface area contributed by atoms with E-state index in [4.69, 9.17) is 0 Å². The van der Waals surface area contributed by atoms with Gasteiger partial charge >= 0.3 is 0 Å². The molecule has 3 rings (SSSR count). The van der Waals surface area contributed by atoms with Crippen molar-refractivity contribution in [2.75, 3.05) is 13.1 Å². The average Bonchev–Trinajstić information content (AvgIpc) is 3.12. The fraction of sp³-hybridized carbons (Fsp3) is 0.500. The van der Waals surface area contributed by atoms with Crippen molar-refractivity contribution in [1.82, 2.24) is 9.47 Å². The Labute approximate surface area is 119 Å². The van der Waals surface area contributed by atoms with Crippen molar-refractivity contribution in [1.29, 1.82) is 5.26 Å². The molecule has 1 saturated heterocycles. The van der Waals surface area contributed by atoms with Crippen LogP contribution < -0.4 is 0 Å². The standard InChI is InChI=1S/C16H19N3O/c1-11-8-13(12(2)19(11)15-4-5-15)9-14(10-17)16(20)18-6-3-7-18/h8-9,15H,3-7H2,1-2H3. The van der Waals surface area contributed by atoms with Crippen LogP contribution in [0.3, 0.4) is 0 Å². The first-order chi connectivity index (χ1) is 9.61. The molecule has 0 atom stereocenters. The van der Waals surface area contributed by atoms with E-state index < -0.39 is 0 Å². The minimum atomic E-state index is -0.130. The summed E-state index contributed by atoms with van der Waals surface area (Å²) >= 11 is 0. The van der Waals surface area contributed by atoms with Gasteiger partial charge in [0.25, 0.3) is 5.91 Å². The number of aromatic nitrogens is 1. The summed E-state index contributed by atoms with van der Waals surface area (Å²) in [5.74, 6) is -0.130. The third kappa shape index (κ3) is 2.14. The van der Waals surface area contributed by atoms with Gasteiger partial charge < -0.3 is 9.47 Å². The van der Waals surface area contributed by atoms with Crippen LogP contribution in [-0.2, 0) is 4.79 Å². The highest BCUT2D eigenvalue weighted by Crippen LogP contribution is 2.38. The topological polar surface area (TPSA) is 49.0 Å². The second-order valence-electron chi connectivity index (χ2n) is 5.74. The maximum atomic E-state index is 12.1. The van der Waals surface area contributed by atoms with Crippen LogP contribution in [0.1, 0.15) is 42.3 Å². The number of aryl methyl sites for hydroxylation is 1. The molecule has 4 heteroatoms. The number of nitriles is 1. The lowest BCUT2D eigenvalue weighted by Crippen LogP contribution is -2.42. The number of carbonyl (C=O) groups excluding carboxylic acids is 1. The Hall–Kier alpha value is -2.02. The van der Waals surface area contributed by atoms with E-state index in [9.17, 15) is 10.1 Å². The van der Waals surface area contributed by atoms with Gasteiger partial charge in [-0.15, -0.1) is 0 Å². The lowest BCUT2D eigenvalue weighted by atomic mass is 10.1. The van der Waals surface area contributed by atoms with Crippen LogP contribution in [0.15, 0.2) is 11.6 Å². The van der Waals surface area contributed by atoms with Crippen molar-refractivity contribution in [3.8, 4) is 6.07 Å². The van der Waals surface area contributed by atoms with Crippen LogP contribution >= 0.6 is 0 Å². The van der Waals surface area contributed by atoms with Crippen molar-refractivity contribution >= 4 is 12.0 Å². The zero-order valence-electron chi connectivity index (χ0n) is 12.0. The zero-order chi connectivity index (χ0) is 14.3. The summed E-state index contributed by atoms with van der Waals surface area (Å²) < 4.78 is 2.33. The summed E-state index contributed by atoms with van der Waals surface area (Å²) in [4.78, 5) is 13.9. The van der Waals surface area contributed by atoms with Gasteiger partial charge in [0, 0.05) is 30.5 Å². The van der Waals surface area contributed by atoms with Crippen molar-refractivity contribution in [2.45, 2.75) is 39.2 Å². The van der Waals surface area contributed by atoms with E-state index in [0.717, 1.165) is 30.8 Å². The molecule has 1 aliphatic heterocycles. The first-order valence-corrected chi connectivity index (χ1v) is 7.21. The molecule has 2 fully saturated rings. The third-order valence-corrected chi connectivity index (χ3v) is 4.23. The van der Waals surface area contributed by atoms with Crippen LogP contribution in [-0.4, -0.2) is 28.5 Å². The molecule has 1 aromatic heterocycles. The molecular formula is C16H19N3O. The number of rotatable bonds is 3. The van der Waals surface area contributed by atoms with Gasteiger partial charge in [-0.25, -0.2) is 0 Å². The van der Waals surface area contributed by atoms with Crippen LogP contribution in [0.5, 0.6) is 0 Å². The molecule has 4 nitrogen and oxygen atoms in total. The highest BCUT2D eigenvalue weighted by Gasteiger charge is 2.27. The lowest BCUT2D eigenvalue weighted by Gasteiger charge is -2.30. The molecular weight excluding hydrogens is 250 g/mol. The van der Waals surface area contributed by atoms with Crippen molar-refractivity contribution in [3.63, 3.8) is 0 Å². The Bertz CT molecular complexity index is 625. The van der Waals surface area contributed by atoms with E-state index in [1.165, 1.54) is 18.5 Å². The highest BCUT2D eigenvalue weighted by molar-refractivity contribution is 6.02. The van der Waals surface area contributed by atoms with Crippen LogP contribution in [0, 0.1) is 25.2 Å². The fourth-order valence-corrected chi connectivity index (χ4v) is 2.83. The van der Waals surface area contributed by atoms with Crippen LogP contribution in [0.25, 0.3) is 6.08 Å². The molecule has 2 heterocycles. The van der Waals surface area contributed by atoms with E-state index in [-0.39, 0.29) is 11.5 Å². The SMILES string of the molecule is Cc1cc(C=C(C#N)C(=O)N2CCC2)c(C)n1C1CC1. The molecule has 0 bridgehead atoms. The summed E-state index contributed by atoms with van der Waals surface area (Å²) in [7, 11) is 0. The van der Waals surface area contributed by atoms with Gasteiger partial charge in [-0.2, -0.15) is 5.26 Å². The van der Waals surface area contributed by atoms with Gasteiger partial charge in [0.1, 0.15) is 11.6 Å². The number of nitrogens with zero attached hydrogens (tertiary/aromatic N) is 3. The molecule has 0 spiro atoms. The third-order valence-electron chi connectivity index (χ3n) is 4.23. The van der Waals surface area contributed by atoms with E-state index >= 15 is 0 Å². The highest BCUT2D eigenvalue weighted by atomic mass is 16.2. The summed E-state index contributed by atoms with van der Waals surface area (Å²) in [5, 5.41) is 9.24. The monoisotopic (exact) mass is 269 g/mol. The molecule has 1 saturated carbocycles. The molecule has 104 valence electrons. The quantitative estimate of drug-likeness (QED) is 0.625. The first-order valence-electron chi connectivity index (χ1n) is 7.21. The molecule has 1 aliphatic carbocycles. The van der Waals surface area contributed by atoms with Crippen molar-refractivity contribution in [3.05, 3.63) is 28.6 Å². The molecule has 2 aliphatic rings. The Morgan fingerprint density at radius 3 is 2.60 bits per heavy atom. The Balaban J connectivity index is 1.91. The maximum Gasteiger partial charge on any atom is 0.264 e. The van der Waals surface area contributed by atoms with E-state index in [0.29, 0.717) is 6.04 Å². The molecule has 20 heavy (non-hydrogen) atoms. The lowest BCUT2D eigenvalue weighted by molar-refractivity contribution is -0.129. The molecule has 0 N–H and O–H groups in total. The summed E-state index contributed by atoms with van der Waals surface area (Å²) in [6.07, 6.45) is 5.26. The summed E-state index contributed by atoms with van der Waals surface area (Å²) in [5.41, 5.74) is 3.62. The molecule has 1 aromatic rings. The normalized spacial score (nSPS) is 18.6. The average molecular weight is 269 g/mol. The fourth-order valence-electron chi connectivity index (χ4n) is 2.83. The second-order valence-corrected chi connectivity index (χ2v) is 5.74. The van der Waals surface area contributed by atoms with E-state index in [1.807, 2.05) is 0 Å². The molecule has 0 radical (unpaired) electrons. The zero-order valence-corrected chi connectivity index (χ0v) is 12.0. The predicted octanol–water partition coefficient (Wildman–Crippen LogP) is 2.58. The minimum Gasteiger partial charge on any atom is -0.346 e. The van der Waals surface area contributed by atoms with Crippen molar-refractivity contribution in [2.24, 2.45) is 0 Å². The van der Waals surface area contributed by atoms with Gasteiger partial charge in [0.2, 0.25) is 0 Å². The number of hydrogen-bond acceptors (Lipinski definition) is 2. The number of carbonyl (C=O) groups is 1. The Morgan fingerprint density at radius 1 is 1.40 bits per heavy atom. The molecule has 0 unspecified atom stereocenters. The largest absolute Gasteiger partial charge is 0.346 e. The smallest absolute Gasteiger partial charge is 0.264 e. The first kappa shape index (κ1) is 13.0. The molecule has 1 amide bonds. The van der Waals surface area contributed by atoms with E-state index in [1.54, 1.807) is 11.0 Å². The summed E-state index contributed by atoms with van der Waals surface area (Å²) in [6, 6.07) is 4.76. The van der Waals surface area contributed by atoms with Gasteiger partial charge in [-0.1, -0.05) is 0 Å². The van der Waals surface area contributed by atoms with E-state index in [2.05, 4.69) is 30.6 Å². The van der Waals surface area contributed by atoms with Gasteiger partial charge in [0.05, 0.1) is 0 Å². The predicted molar refractivity (Wildman–Crippen MR) is 77.0 cm³/mol. The summed E-state index contributed by atoms with van der Waals surface area (Å²) in [6.45, 7) is 5.71. The van der Waals surface area contributed by atoms with Gasteiger partial charge in [0.15, 0.2) is 0 Å². The Kier molecular flexibility index (Phi) is 3.13. The van der Waals surface area contributed by atoms with Crippen LogP contribution in [0.2, 0.25) is 0 Å². The second kappa shape index (κ2) is 4.82. The van der Waals surface area contributed by atoms with Crippen LogP contribution in [0.4, 0.5) is 0 Å². The maximum absolute atomic E-state index is 12.1.